The lowest BCUT2D eigenvalue weighted by Gasteiger charge is -2.13. The molecule has 0 aliphatic rings. The summed E-state index contributed by atoms with van der Waals surface area (Å²) in [5.74, 6) is -0.376. The van der Waals surface area contributed by atoms with Gasteiger partial charge in [0.25, 0.3) is 0 Å². The fraction of sp³-hybridized carbons (Fsp3) is 0.533. The van der Waals surface area contributed by atoms with Gasteiger partial charge >= 0.3 is 5.97 Å². The SMILES string of the molecule is CC(C)NCc1cc(C(=O)OCCCCO)cc(Br)c1N. The van der Waals surface area contributed by atoms with E-state index in [1.807, 2.05) is 13.8 Å². The van der Waals surface area contributed by atoms with Crippen LogP contribution in [0.4, 0.5) is 5.69 Å². The normalized spacial score (nSPS) is 10.9. The molecule has 0 amide bonds. The first-order valence-corrected chi connectivity index (χ1v) is 7.84. The molecule has 1 aromatic rings. The van der Waals surface area contributed by atoms with E-state index in [2.05, 4.69) is 21.2 Å². The topological polar surface area (TPSA) is 84.6 Å². The van der Waals surface area contributed by atoms with E-state index >= 15 is 0 Å². The zero-order valence-corrected chi connectivity index (χ0v) is 14.1. The van der Waals surface area contributed by atoms with Gasteiger partial charge in [-0.3, -0.25) is 0 Å². The third-order valence-electron chi connectivity index (χ3n) is 2.94. The van der Waals surface area contributed by atoms with Crippen LogP contribution in [-0.2, 0) is 11.3 Å². The molecular weight excluding hydrogens is 336 g/mol. The number of hydrogen-bond acceptors (Lipinski definition) is 5. The number of nitrogens with two attached hydrogens (primary N) is 1. The van der Waals surface area contributed by atoms with Crippen molar-refractivity contribution in [1.82, 2.24) is 5.32 Å². The van der Waals surface area contributed by atoms with Crippen molar-refractivity contribution >= 4 is 27.6 Å². The van der Waals surface area contributed by atoms with Crippen molar-refractivity contribution in [3.8, 4) is 0 Å². The number of nitrogen functional groups attached to an aromatic ring is 1. The Morgan fingerprint density at radius 1 is 1.43 bits per heavy atom. The van der Waals surface area contributed by atoms with E-state index in [0.717, 1.165) is 5.56 Å². The molecule has 0 aliphatic heterocycles. The maximum Gasteiger partial charge on any atom is 0.338 e. The van der Waals surface area contributed by atoms with Crippen molar-refractivity contribution in [1.29, 1.82) is 0 Å². The lowest BCUT2D eigenvalue weighted by atomic mass is 10.1. The lowest BCUT2D eigenvalue weighted by Crippen LogP contribution is -2.22. The molecular formula is C15H23BrN2O3. The summed E-state index contributed by atoms with van der Waals surface area (Å²) in [6.07, 6.45) is 1.28. The second-order valence-electron chi connectivity index (χ2n) is 5.13. The smallest absolute Gasteiger partial charge is 0.338 e. The zero-order chi connectivity index (χ0) is 15.8. The number of ether oxygens (including phenoxy) is 1. The van der Waals surface area contributed by atoms with Crippen LogP contribution in [0.25, 0.3) is 0 Å². The maximum atomic E-state index is 12.0. The molecule has 5 nitrogen and oxygen atoms in total. The van der Waals surface area contributed by atoms with Gasteiger partial charge in [0.15, 0.2) is 0 Å². The Morgan fingerprint density at radius 2 is 2.14 bits per heavy atom. The van der Waals surface area contributed by atoms with Crippen LogP contribution in [0.5, 0.6) is 0 Å². The molecule has 21 heavy (non-hydrogen) atoms. The van der Waals surface area contributed by atoms with Crippen molar-refractivity contribution in [2.75, 3.05) is 18.9 Å². The summed E-state index contributed by atoms with van der Waals surface area (Å²) in [7, 11) is 0. The van der Waals surface area contributed by atoms with E-state index in [9.17, 15) is 4.79 Å². The number of nitrogens with one attached hydrogen (secondary N) is 1. The number of anilines is 1. The first-order chi connectivity index (χ1) is 9.95. The highest BCUT2D eigenvalue weighted by molar-refractivity contribution is 9.10. The van der Waals surface area contributed by atoms with Crippen molar-refractivity contribution in [3.05, 3.63) is 27.7 Å². The molecule has 6 heteroatoms. The number of carbonyl (C=O) groups excluding carboxylic acids is 1. The summed E-state index contributed by atoms with van der Waals surface area (Å²) >= 11 is 3.37. The number of carbonyl (C=O) groups is 1. The molecule has 0 radical (unpaired) electrons. The molecule has 0 saturated heterocycles. The molecule has 0 heterocycles. The first-order valence-electron chi connectivity index (χ1n) is 7.05. The molecule has 1 aromatic carbocycles. The van der Waals surface area contributed by atoms with E-state index in [1.165, 1.54) is 0 Å². The number of esters is 1. The van der Waals surface area contributed by atoms with Crippen LogP contribution in [0.3, 0.4) is 0 Å². The minimum atomic E-state index is -0.376. The largest absolute Gasteiger partial charge is 0.462 e. The van der Waals surface area contributed by atoms with Gasteiger partial charge in [-0.15, -0.1) is 0 Å². The third-order valence-corrected chi connectivity index (χ3v) is 3.59. The molecule has 0 bridgehead atoms. The summed E-state index contributed by atoms with van der Waals surface area (Å²) in [6.45, 7) is 5.10. The van der Waals surface area contributed by atoms with Crippen molar-refractivity contribution in [2.45, 2.75) is 39.3 Å². The van der Waals surface area contributed by atoms with Crippen molar-refractivity contribution < 1.29 is 14.6 Å². The average molecular weight is 359 g/mol. The highest BCUT2D eigenvalue weighted by atomic mass is 79.9. The highest BCUT2D eigenvalue weighted by Crippen LogP contribution is 2.26. The van der Waals surface area contributed by atoms with Crippen molar-refractivity contribution in [2.24, 2.45) is 0 Å². The van der Waals surface area contributed by atoms with Crippen LogP contribution in [0, 0.1) is 0 Å². The molecule has 0 spiro atoms. The number of aliphatic hydroxyl groups is 1. The molecule has 0 atom stereocenters. The van der Waals surface area contributed by atoms with Gasteiger partial charge in [0, 0.05) is 23.7 Å². The number of unbranched alkanes of at least 4 members (excludes halogenated alkanes) is 1. The number of rotatable bonds is 8. The molecule has 0 fully saturated rings. The Labute approximate surface area is 134 Å². The fourth-order valence-electron chi connectivity index (χ4n) is 1.72. The predicted molar refractivity (Wildman–Crippen MR) is 87.1 cm³/mol. The summed E-state index contributed by atoms with van der Waals surface area (Å²) in [5.41, 5.74) is 7.97. The number of hydrogen-bond donors (Lipinski definition) is 3. The fourth-order valence-corrected chi connectivity index (χ4v) is 2.22. The second-order valence-corrected chi connectivity index (χ2v) is 5.99. The van der Waals surface area contributed by atoms with E-state index < -0.39 is 0 Å². The van der Waals surface area contributed by atoms with Gasteiger partial charge in [0.1, 0.15) is 0 Å². The summed E-state index contributed by atoms with van der Waals surface area (Å²) < 4.78 is 5.86. The minimum Gasteiger partial charge on any atom is -0.462 e. The minimum absolute atomic E-state index is 0.107. The highest BCUT2D eigenvalue weighted by Gasteiger charge is 2.13. The Hall–Kier alpha value is -1.11. The van der Waals surface area contributed by atoms with Gasteiger partial charge in [-0.1, -0.05) is 13.8 Å². The number of halogens is 1. The van der Waals surface area contributed by atoms with Crippen LogP contribution in [0.15, 0.2) is 16.6 Å². The standard InChI is InChI=1S/C15H23BrN2O3/c1-10(2)18-9-12-7-11(8-13(16)14(12)17)15(20)21-6-4-3-5-19/h7-8,10,18-19H,3-6,9,17H2,1-2H3. The Balaban J connectivity index is 2.75. The third kappa shape index (κ3) is 6.03. The molecule has 0 unspecified atom stereocenters. The van der Waals surface area contributed by atoms with Crippen LogP contribution < -0.4 is 11.1 Å². The maximum absolute atomic E-state index is 12.0. The van der Waals surface area contributed by atoms with Gasteiger partial charge < -0.3 is 20.9 Å². The van der Waals surface area contributed by atoms with E-state index in [0.29, 0.717) is 47.8 Å². The number of aliphatic hydroxyl groups excluding tert-OH is 1. The first kappa shape index (κ1) is 17.9. The van der Waals surface area contributed by atoms with Gasteiger partial charge in [-0.2, -0.15) is 0 Å². The monoisotopic (exact) mass is 358 g/mol. The van der Waals surface area contributed by atoms with Gasteiger partial charge in [0.05, 0.1) is 17.9 Å². The van der Waals surface area contributed by atoms with E-state index in [-0.39, 0.29) is 12.6 Å². The molecule has 1 rings (SSSR count). The summed E-state index contributed by atoms with van der Waals surface area (Å²) in [6, 6.07) is 3.75. The van der Waals surface area contributed by atoms with Crippen LogP contribution >= 0.6 is 15.9 Å². The van der Waals surface area contributed by atoms with Crippen LogP contribution in [0.1, 0.15) is 42.6 Å². The molecule has 118 valence electrons. The van der Waals surface area contributed by atoms with Crippen LogP contribution in [0.2, 0.25) is 0 Å². The zero-order valence-electron chi connectivity index (χ0n) is 12.5. The lowest BCUT2D eigenvalue weighted by molar-refractivity contribution is 0.0492. The Kier molecular flexibility index (Phi) is 7.71. The quantitative estimate of drug-likeness (QED) is 0.377. The van der Waals surface area contributed by atoms with Gasteiger partial charge in [0.2, 0.25) is 0 Å². The Morgan fingerprint density at radius 3 is 2.76 bits per heavy atom. The van der Waals surface area contributed by atoms with E-state index in [4.69, 9.17) is 15.6 Å². The molecule has 0 aromatic heterocycles. The van der Waals surface area contributed by atoms with Crippen LogP contribution in [-0.4, -0.2) is 30.3 Å². The number of benzene rings is 1. The predicted octanol–water partition coefficient (Wildman–Crippen LogP) is 2.46. The molecule has 4 N–H and O–H groups in total. The van der Waals surface area contributed by atoms with Gasteiger partial charge in [-0.05, 0) is 46.5 Å². The van der Waals surface area contributed by atoms with Crippen molar-refractivity contribution in [3.63, 3.8) is 0 Å². The second kappa shape index (κ2) is 9.02. The summed E-state index contributed by atoms with van der Waals surface area (Å²) in [4.78, 5) is 12.0. The average Bonchev–Trinajstić information content (AvgIpc) is 2.44. The summed E-state index contributed by atoms with van der Waals surface area (Å²) in [5, 5.41) is 12.0. The Bertz CT molecular complexity index is 478. The van der Waals surface area contributed by atoms with E-state index in [1.54, 1.807) is 12.1 Å². The molecule has 0 saturated carbocycles. The van der Waals surface area contributed by atoms with Gasteiger partial charge in [-0.25, -0.2) is 4.79 Å². The molecule has 0 aliphatic carbocycles.